The molecule has 1 atom stereocenters. The SMILES string of the molecule is O=C1C=CN=C[C@@H]1O. The second kappa shape index (κ2) is 1.88. The minimum Gasteiger partial charge on any atom is -0.379 e. The van der Waals surface area contributed by atoms with Crippen molar-refractivity contribution in [2.45, 2.75) is 6.10 Å². The van der Waals surface area contributed by atoms with Crippen molar-refractivity contribution >= 4 is 12.0 Å². The summed E-state index contributed by atoms with van der Waals surface area (Å²) in [6, 6.07) is 0. The first-order chi connectivity index (χ1) is 3.80. The van der Waals surface area contributed by atoms with Gasteiger partial charge in [0.25, 0.3) is 0 Å². The van der Waals surface area contributed by atoms with E-state index in [1.807, 2.05) is 0 Å². The lowest BCUT2D eigenvalue weighted by atomic mass is 10.2. The Morgan fingerprint density at radius 1 is 1.75 bits per heavy atom. The maximum atomic E-state index is 10.4. The number of rotatable bonds is 0. The van der Waals surface area contributed by atoms with Crippen LogP contribution in [0, 0.1) is 0 Å². The summed E-state index contributed by atoms with van der Waals surface area (Å²) < 4.78 is 0. The molecule has 1 aliphatic heterocycles. The highest BCUT2D eigenvalue weighted by Crippen LogP contribution is 1.91. The third-order valence-corrected chi connectivity index (χ3v) is 0.844. The summed E-state index contributed by atoms with van der Waals surface area (Å²) >= 11 is 0. The molecular formula is C5H5NO2. The Morgan fingerprint density at radius 2 is 2.50 bits per heavy atom. The number of carbonyl (C=O) groups excluding carboxylic acids is 1. The zero-order valence-electron chi connectivity index (χ0n) is 4.11. The number of carbonyl (C=O) groups is 1. The van der Waals surface area contributed by atoms with Crippen LogP contribution in [0.25, 0.3) is 0 Å². The Labute approximate surface area is 46.4 Å². The molecule has 0 spiro atoms. The number of aliphatic hydroxyl groups excluding tert-OH is 1. The molecule has 0 bridgehead atoms. The third kappa shape index (κ3) is 0.816. The van der Waals surface area contributed by atoms with E-state index in [0.29, 0.717) is 0 Å². The van der Waals surface area contributed by atoms with Crippen LogP contribution in [0.3, 0.4) is 0 Å². The molecule has 0 radical (unpaired) electrons. The van der Waals surface area contributed by atoms with E-state index in [-0.39, 0.29) is 5.78 Å². The second-order valence-corrected chi connectivity index (χ2v) is 1.46. The first kappa shape index (κ1) is 5.18. The Balaban J connectivity index is 2.74. The van der Waals surface area contributed by atoms with E-state index in [1.165, 1.54) is 18.5 Å². The van der Waals surface area contributed by atoms with E-state index in [1.54, 1.807) is 0 Å². The smallest absolute Gasteiger partial charge is 0.191 e. The molecule has 0 saturated carbocycles. The summed E-state index contributed by atoms with van der Waals surface area (Å²) in [4.78, 5) is 13.9. The average Bonchev–Trinajstić information content (AvgIpc) is 1.77. The average molecular weight is 111 g/mol. The molecule has 42 valence electrons. The third-order valence-electron chi connectivity index (χ3n) is 0.844. The zero-order valence-corrected chi connectivity index (χ0v) is 4.11. The summed E-state index contributed by atoms with van der Waals surface area (Å²) in [5.74, 6) is -0.306. The Morgan fingerprint density at radius 3 is 2.88 bits per heavy atom. The van der Waals surface area contributed by atoms with E-state index in [2.05, 4.69) is 4.99 Å². The lowest BCUT2D eigenvalue weighted by Crippen LogP contribution is -2.20. The molecule has 3 nitrogen and oxygen atoms in total. The van der Waals surface area contributed by atoms with Crippen molar-refractivity contribution in [3.8, 4) is 0 Å². The molecule has 0 unspecified atom stereocenters. The molecule has 0 aromatic carbocycles. The van der Waals surface area contributed by atoms with Gasteiger partial charge in [0, 0.05) is 18.5 Å². The molecule has 0 aromatic heterocycles. The Bertz CT molecular complexity index is 160. The largest absolute Gasteiger partial charge is 0.379 e. The van der Waals surface area contributed by atoms with E-state index in [9.17, 15) is 4.79 Å². The first-order valence-electron chi connectivity index (χ1n) is 2.22. The van der Waals surface area contributed by atoms with Crippen LogP contribution in [0.5, 0.6) is 0 Å². The lowest BCUT2D eigenvalue weighted by Gasteiger charge is -1.99. The molecule has 0 fully saturated rings. The molecular weight excluding hydrogens is 106 g/mol. The van der Waals surface area contributed by atoms with Crippen molar-refractivity contribution in [1.29, 1.82) is 0 Å². The highest BCUT2D eigenvalue weighted by Gasteiger charge is 2.09. The van der Waals surface area contributed by atoms with Gasteiger partial charge in [-0.3, -0.25) is 9.79 Å². The van der Waals surface area contributed by atoms with E-state index in [4.69, 9.17) is 5.11 Å². The topological polar surface area (TPSA) is 49.7 Å². The molecule has 3 heteroatoms. The fraction of sp³-hybridized carbons (Fsp3) is 0.200. The summed E-state index contributed by atoms with van der Waals surface area (Å²) in [7, 11) is 0. The van der Waals surface area contributed by atoms with Gasteiger partial charge in [0.15, 0.2) is 11.9 Å². The number of aliphatic imine (C=N–C) groups is 1. The van der Waals surface area contributed by atoms with Crippen LogP contribution < -0.4 is 0 Å². The van der Waals surface area contributed by atoms with E-state index in [0.717, 1.165) is 0 Å². The minimum atomic E-state index is -1.01. The molecule has 1 N–H and O–H groups in total. The maximum Gasteiger partial charge on any atom is 0.191 e. The summed E-state index contributed by atoms with van der Waals surface area (Å²) in [5.41, 5.74) is 0. The quantitative estimate of drug-likeness (QED) is 0.458. The lowest BCUT2D eigenvalue weighted by molar-refractivity contribution is -0.119. The van der Waals surface area contributed by atoms with Crippen LogP contribution in [0.2, 0.25) is 0 Å². The van der Waals surface area contributed by atoms with Crippen molar-refractivity contribution in [2.24, 2.45) is 4.99 Å². The van der Waals surface area contributed by atoms with Crippen molar-refractivity contribution in [3.63, 3.8) is 0 Å². The van der Waals surface area contributed by atoms with Crippen LogP contribution in [0.1, 0.15) is 0 Å². The zero-order chi connectivity index (χ0) is 5.98. The van der Waals surface area contributed by atoms with Crippen LogP contribution in [-0.4, -0.2) is 23.2 Å². The van der Waals surface area contributed by atoms with Gasteiger partial charge < -0.3 is 5.11 Å². The number of aliphatic hydroxyl groups is 1. The predicted octanol–water partition coefficient (Wildman–Crippen LogP) is -0.485. The van der Waals surface area contributed by atoms with Gasteiger partial charge in [0.1, 0.15) is 0 Å². The van der Waals surface area contributed by atoms with Crippen molar-refractivity contribution in [2.75, 3.05) is 0 Å². The van der Waals surface area contributed by atoms with Gasteiger partial charge in [-0.05, 0) is 0 Å². The van der Waals surface area contributed by atoms with Crippen LogP contribution in [-0.2, 0) is 4.79 Å². The number of ketones is 1. The molecule has 0 saturated heterocycles. The van der Waals surface area contributed by atoms with Gasteiger partial charge in [-0.2, -0.15) is 0 Å². The Hall–Kier alpha value is -0.960. The molecule has 1 aliphatic rings. The number of hydrogen-bond donors (Lipinski definition) is 1. The molecule has 0 aromatic rings. The van der Waals surface area contributed by atoms with Crippen LogP contribution in [0.15, 0.2) is 17.3 Å². The van der Waals surface area contributed by atoms with Crippen molar-refractivity contribution in [1.82, 2.24) is 0 Å². The summed E-state index contributed by atoms with van der Waals surface area (Å²) in [6.07, 6.45) is 2.78. The first-order valence-corrected chi connectivity index (χ1v) is 2.22. The second-order valence-electron chi connectivity index (χ2n) is 1.46. The summed E-state index contributed by atoms with van der Waals surface area (Å²) in [6.45, 7) is 0. The highest BCUT2D eigenvalue weighted by atomic mass is 16.3. The molecule has 1 heterocycles. The Kier molecular flexibility index (Phi) is 1.22. The fourth-order valence-corrected chi connectivity index (χ4v) is 0.420. The van der Waals surface area contributed by atoms with Gasteiger partial charge in [0.2, 0.25) is 0 Å². The van der Waals surface area contributed by atoms with Crippen LogP contribution in [0.4, 0.5) is 0 Å². The fourth-order valence-electron chi connectivity index (χ4n) is 0.420. The molecule has 8 heavy (non-hydrogen) atoms. The van der Waals surface area contributed by atoms with E-state index < -0.39 is 6.10 Å². The standard InChI is InChI=1S/C5H5NO2/c7-4-1-2-6-3-5(4)8/h1-3,5,8H/t5-/m0/s1. The van der Waals surface area contributed by atoms with Gasteiger partial charge in [-0.1, -0.05) is 0 Å². The van der Waals surface area contributed by atoms with Crippen molar-refractivity contribution < 1.29 is 9.90 Å². The monoisotopic (exact) mass is 111 g/mol. The maximum absolute atomic E-state index is 10.4. The highest BCUT2D eigenvalue weighted by molar-refractivity contribution is 6.05. The van der Waals surface area contributed by atoms with Gasteiger partial charge in [-0.25, -0.2) is 0 Å². The minimum absolute atomic E-state index is 0.306. The number of hydrogen-bond acceptors (Lipinski definition) is 3. The number of nitrogens with zero attached hydrogens (tertiary/aromatic N) is 1. The normalized spacial score (nSPS) is 26.6. The van der Waals surface area contributed by atoms with Crippen LogP contribution >= 0.6 is 0 Å². The summed E-state index contributed by atoms with van der Waals surface area (Å²) in [5, 5.41) is 8.63. The van der Waals surface area contributed by atoms with Crippen molar-refractivity contribution in [3.05, 3.63) is 12.3 Å². The predicted molar refractivity (Wildman–Crippen MR) is 28.6 cm³/mol. The van der Waals surface area contributed by atoms with Gasteiger partial charge >= 0.3 is 0 Å². The molecule has 1 rings (SSSR count). The molecule has 0 aliphatic carbocycles. The van der Waals surface area contributed by atoms with Gasteiger partial charge in [-0.15, -0.1) is 0 Å². The van der Waals surface area contributed by atoms with Gasteiger partial charge in [0.05, 0.1) is 0 Å². The molecule has 0 amide bonds. The van der Waals surface area contributed by atoms with E-state index >= 15 is 0 Å².